The summed E-state index contributed by atoms with van der Waals surface area (Å²) in [6.45, 7) is 11.7. The number of amides is 4. The molecular formula is C43H56N8O8. The second kappa shape index (κ2) is 19.6. The number of aromatic nitrogens is 4. The summed E-state index contributed by atoms with van der Waals surface area (Å²) in [6, 6.07) is 15.3. The molecular weight excluding hydrogens is 757 g/mol. The molecule has 0 bridgehead atoms. The number of benzene rings is 3. The van der Waals surface area contributed by atoms with Crippen molar-refractivity contribution >= 4 is 45.8 Å². The largest absolute Gasteiger partial charge is 0.453 e. The van der Waals surface area contributed by atoms with Crippen LogP contribution in [0.15, 0.2) is 60.8 Å². The van der Waals surface area contributed by atoms with E-state index in [0.717, 1.165) is 44.2 Å². The molecule has 5 N–H and O–H groups in total. The van der Waals surface area contributed by atoms with Crippen LogP contribution in [0.2, 0.25) is 0 Å². The minimum absolute atomic E-state index is 0.302. The molecule has 6 atom stereocenters. The summed E-state index contributed by atoms with van der Waals surface area (Å²) in [7, 11) is 3.93. The zero-order valence-corrected chi connectivity index (χ0v) is 35.2. The number of imidazole rings is 2. The van der Waals surface area contributed by atoms with Crippen molar-refractivity contribution in [2.75, 3.05) is 34.4 Å². The predicted octanol–water partition coefficient (Wildman–Crippen LogP) is 6.24. The number of ether oxygens (including phenoxy) is 3. The van der Waals surface area contributed by atoms with Gasteiger partial charge in [0.05, 0.1) is 55.2 Å². The molecule has 0 aliphatic heterocycles. The van der Waals surface area contributed by atoms with Gasteiger partial charge < -0.3 is 49.7 Å². The number of aliphatic hydroxyl groups excluding tert-OH is 1. The number of nitrogens with zero attached hydrogens (tertiary/aromatic N) is 4. The second-order valence-corrected chi connectivity index (χ2v) is 14.6. The number of H-pyrrole nitrogens is 2. The van der Waals surface area contributed by atoms with Crippen molar-refractivity contribution in [1.82, 2.24) is 40.4 Å². The predicted molar refractivity (Wildman–Crippen MR) is 224 cm³/mol. The van der Waals surface area contributed by atoms with Crippen LogP contribution in [0, 0.1) is 0 Å². The van der Waals surface area contributed by atoms with Crippen molar-refractivity contribution < 1.29 is 38.5 Å². The van der Waals surface area contributed by atoms with Gasteiger partial charge in [-0.2, -0.15) is 0 Å². The van der Waals surface area contributed by atoms with Crippen LogP contribution in [0.4, 0.5) is 9.59 Å². The van der Waals surface area contributed by atoms with Crippen LogP contribution in [0.5, 0.6) is 0 Å². The molecule has 0 saturated carbocycles. The highest BCUT2D eigenvalue weighted by molar-refractivity contribution is 5.92. The van der Waals surface area contributed by atoms with Crippen LogP contribution in [0.25, 0.3) is 44.2 Å². The highest BCUT2D eigenvalue weighted by atomic mass is 16.5. The summed E-state index contributed by atoms with van der Waals surface area (Å²) < 4.78 is 14.8. The first-order valence-corrected chi connectivity index (χ1v) is 19.8. The number of aliphatic hydroxyl groups is 1. The van der Waals surface area contributed by atoms with Crippen LogP contribution in [0.1, 0.15) is 78.1 Å². The standard InChI is InChI=1S/C43H56N8O8/c1-10-18-50(41(54)37(27(6)57-7)49-43(56)59-9)24(3)38-44-23-35(47-38)32-15-14-28-20-29(12-13-30(28)21-32)31-16-17-33-34(22-31)46-39(45-33)25(4)51(19-11-2)40(53)36(26(5)52)48-42(55)58-8/h12-17,20-27,36-37,52H,10-11,18-19H2,1-9H3,(H,44,47)(H,45,46)(H,48,55)(H,49,56)/t24-,25?,26+,27+,36-,37-/m0/s1. The Balaban J connectivity index is 1.35. The Bertz CT molecular complexity index is 2250. The van der Waals surface area contributed by atoms with Gasteiger partial charge in [0, 0.05) is 32.0 Å². The van der Waals surface area contributed by atoms with Crippen molar-refractivity contribution in [3.05, 3.63) is 72.4 Å². The molecule has 59 heavy (non-hydrogen) atoms. The van der Waals surface area contributed by atoms with Crippen molar-refractivity contribution in [3.63, 3.8) is 0 Å². The lowest BCUT2D eigenvalue weighted by Gasteiger charge is -2.33. The maximum Gasteiger partial charge on any atom is 0.407 e. The van der Waals surface area contributed by atoms with Gasteiger partial charge in [-0.3, -0.25) is 9.59 Å². The summed E-state index contributed by atoms with van der Waals surface area (Å²) >= 11 is 0. The number of aromatic amines is 2. The first-order valence-electron chi connectivity index (χ1n) is 19.8. The molecule has 4 amide bonds. The third-order valence-corrected chi connectivity index (χ3v) is 10.6. The Labute approximate surface area is 344 Å². The van der Waals surface area contributed by atoms with Crippen LogP contribution >= 0.6 is 0 Å². The van der Waals surface area contributed by atoms with E-state index in [0.29, 0.717) is 37.6 Å². The molecule has 0 fully saturated rings. The number of hydrogen-bond donors (Lipinski definition) is 5. The van der Waals surface area contributed by atoms with Crippen LogP contribution in [-0.4, -0.2) is 118 Å². The minimum atomic E-state index is -1.18. The number of carbonyl (C=O) groups excluding carboxylic acids is 4. The highest BCUT2D eigenvalue weighted by Gasteiger charge is 2.35. The average molecular weight is 813 g/mol. The SMILES string of the molecule is CCCN(C(=O)[C@@H](NC(=O)OC)[C@@H](C)O)C(C)c1nc2cc(-c3ccc4cc(-c5c[nH]c([C@H](C)N(CCC)C(=O)[C@@H](NC(=O)OC)[C@@H](C)OC)n5)ccc4c3)ccc2[nH]1. The van der Waals surface area contributed by atoms with E-state index in [9.17, 15) is 24.3 Å². The van der Waals surface area contributed by atoms with Gasteiger partial charge in [-0.05, 0) is 86.7 Å². The molecule has 0 radical (unpaired) electrons. The molecule has 0 saturated heterocycles. The molecule has 1 unspecified atom stereocenters. The van der Waals surface area contributed by atoms with Crippen LogP contribution < -0.4 is 10.6 Å². The first kappa shape index (κ1) is 44.1. The average Bonchev–Trinajstić information content (AvgIpc) is 3.92. The van der Waals surface area contributed by atoms with E-state index in [-0.39, 0.29) is 5.91 Å². The first-order chi connectivity index (χ1) is 28.2. The molecule has 316 valence electrons. The molecule has 0 aliphatic carbocycles. The Morgan fingerprint density at radius 2 is 1.24 bits per heavy atom. The van der Waals surface area contributed by atoms with Gasteiger partial charge in [0.2, 0.25) is 11.8 Å². The topological polar surface area (TPSA) is 204 Å². The van der Waals surface area contributed by atoms with Gasteiger partial charge in [-0.1, -0.05) is 44.2 Å². The molecule has 0 aliphatic rings. The van der Waals surface area contributed by atoms with E-state index in [1.54, 1.807) is 16.7 Å². The van der Waals surface area contributed by atoms with Crippen molar-refractivity contribution in [2.45, 2.75) is 90.8 Å². The molecule has 16 nitrogen and oxygen atoms in total. The number of carbonyl (C=O) groups is 4. The Kier molecular flexibility index (Phi) is 14.7. The Morgan fingerprint density at radius 3 is 1.81 bits per heavy atom. The maximum absolute atomic E-state index is 13.8. The summed E-state index contributed by atoms with van der Waals surface area (Å²) in [5.41, 5.74) is 5.14. The lowest BCUT2D eigenvalue weighted by atomic mass is 9.99. The normalized spacial score (nSPS) is 14.5. The number of methoxy groups -OCH3 is 3. The molecule has 5 rings (SSSR count). The fourth-order valence-electron chi connectivity index (χ4n) is 7.09. The lowest BCUT2D eigenvalue weighted by molar-refractivity contribution is -0.139. The van der Waals surface area contributed by atoms with Crippen molar-refractivity contribution in [1.29, 1.82) is 0 Å². The zero-order chi connectivity index (χ0) is 43.0. The second-order valence-electron chi connectivity index (χ2n) is 14.6. The van der Waals surface area contributed by atoms with E-state index < -0.39 is 54.5 Å². The van der Waals surface area contributed by atoms with Crippen LogP contribution in [0.3, 0.4) is 0 Å². The van der Waals surface area contributed by atoms with Gasteiger partial charge >= 0.3 is 12.2 Å². The Morgan fingerprint density at radius 1 is 0.712 bits per heavy atom. The number of rotatable bonds is 17. The fourth-order valence-corrected chi connectivity index (χ4v) is 7.09. The zero-order valence-electron chi connectivity index (χ0n) is 35.2. The number of fused-ring (bicyclic) bond motifs is 2. The molecule has 2 aromatic heterocycles. The van der Waals surface area contributed by atoms with E-state index in [2.05, 4.69) is 55.7 Å². The van der Waals surface area contributed by atoms with Gasteiger partial charge in [0.1, 0.15) is 23.7 Å². The van der Waals surface area contributed by atoms with E-state index in [1.165, 1.54) is 28.3 Å². The van der Waals surface area contributed by atoms with Gasteiger partial charge in [0.15, 0.2) is 0 Å². The van der Waals surface area contributed by atoms with Crippen molar-refractivity contribution in [2.24, 2.45) is 0 Å². The van der Waals surface area contributed by atoms with E-state index in [4.69, 9.17) is 19.4 Å². The third kappa shape index (κ3) is 10.0. The monoisotopic (exact) mass is 812 g/mol. The van der Waals surface area contributed by atoms with E-state index >= 15 is 0 Å². The summed E-state index contributed by atoms with van der Waals surface area (Å²) in [4.78, 5) is 71.1. The third-order valence-electron chi connectivity index (χ3n) is 10.6. The number of alkyl carbamates (subject to hydrolysis) is 2. The van der Waals surface area contributed by atoms with Crippen LogP contribution in [-0.2, 0) is 23.8 Å². The van der Waals surface area contributed by atoms with Gasteiger partial charge in [-0.25, -0.2) is 19.6 Å². The van der Waals surface area contributed by atoms with Gasteiger partial charge in [-0.15, -0.1) is 0 Å². The summed E-state index contributed by atoms with van der Waals surface area (Å²) in [5.74, 6) is 0.442. The molecule has 3 aromatic carbocycles. The smallest absolute Gasteiger partial charge is 0.407 e. The summed E-state index contributed by atoms with van der Waals surface area (Å²) in [6.07, 6.45) is -0.0736. The molecule has 5 aromatic rings. The number of nitrogens with one attached hydrogen (secondary N) is 4. The highest BCUT2D eigenvalue weighted by Crippen LogP contribution is 2.31. The lowest BCUT2D eigenvalue weighted by Crippen LogP contribution is -2.54. The fraction of sp³-hybridized carbons (Fsp3) is 0.442. The quantitative estimate of drug-likeness (QED) is 0.0715. The Hall–Kier alpha value is -6.00. The van der Waals surface area contributed by atoms with Gasteiger partial charge in [0.25, 0.3) is 0 Å². The van der Waals surface area contributed by atoms with E-state index in [1.807, 2.05) is 58.2 Å². The molecule has 16 heteroatoms. The molecule has 2 heterocycles. The van der Waals surface area contributed by atoms with Crippen molar-refractivity contribution in [3.8, 4) is 22.4 Å². The maximum atomic E-state index is 13.8. The molecule has 0 spiro atoms. The minimum Gasteiger partial charge on any atom is -0.453 e. The summed E-state index contributed by atoms with van der Waals surface area (Å²) in [5, 5.41) is 17.5. The number of hydrogen-bond acceptors (Lipinski definition) is 10.